The maximum absolute atomic E-state index is 12.1. The second-order valence-electron chi connectivity index (χ2n) is 4.94. The first-order valence-electron chi connectivity index (χ1n) is 6.55. The van der Waals surface area contributed by atoms with Crippen LogP contribution in [0.25, 0.3) is 0 Å². The van der Waals surface area contributed by atoms with Gasteiger partial charge in [0.05, 0.1) is 23.3 Å². The van der Waals surface area contributed by atoms with Gasteiger partial charge in [-0.1, -0.05) is 26.0 Å². The van der Waals surface area contributed by atoms with Crippen LogP contribution in [-0.4, -0.2) is 34.4 Å². The number of benzene rings is 1. The SMILES string of the molecule is CC(C)c1ccc(S(=O)CC(=O)N(C)CCC#N)cc1. The zero-order chi connectivity index (χ0) is 15.1. The van der Waals surface area contributed by atoms with E-state index in [0.29, 0.717) is 17.4 Å². The molecule has 0 N–H and O–H groups in total. The van der Waals surface area contributed by atoms with Gasteiger partial charge in [-0.15, -0.1) is 0 Å². The molecule has 4 nitrogen and oxygen atoms in total. The molecule has 0 bridgehead atoms. The Morgan fingerprint density at radius 1 is 1.35 bits per heavy atom. The van der Waals surface area contributed by atoms with Gasteiger partial charge in [0.2, 0.25) is 5.91 Å². The highest BCUT2D eigenvalue weighted by atomic mass is 32.2. The Labute approximate surface area is 122 Å². The molecule has 0 heterocycles. The molecule has 0 aliphatic carbocycles. The smallest absolute Gasteiger partial charge is 0.235 e. The van der Waals surface area contributed by atoms with Crippen molar-refractivity contribution < 1.29 is 9.00 Å². The molecule has 0 spiro atoms. The summed E-state index contributed by atoms with van der Waals surface area (Å²) in [4.78, 5) is 13.9. The Kier molecular flexibility index (Phi) is 6.40. The normalized spacial score (nSPS) is 11.9. The van der Waals surface area contributed by atoms with Gasteiger partial charge in [0.1, 0.15) is 5.75 Å². The fraction of sp³-hybridized carbons (Fsp3) is 0.467. The zero-order valence-electron chi connectivity index (χ0n) is 12.1. The number of carbonyl (C=O) groups is 1. The van der Waals surface area contributed by atoms with Gasteiger partial charge in [-0.2, -0.15) is 5.26 Å². The summed E-state index contributed by atoms with van der Waals surface area (Å²) in [5, 5.41) is 8.48. The van der Waals surface area contributed by atoms with Gasteiger partial charge in [0.25, 0.3) is 0 Å². The average molecular weight is 292 g/mol. The lowest BCUT2D eigenvalue weighted by Gasteiger charge is -2.15. The third kappa shape index (κ3) is 4.78. The fourth-order valence-electron chi connectivity index (χ4n) is 1.65. The lowest BCUT2D eigenvalue weighted by atomic mass is 10.0. The first-order chi connectivity index (χ1) is 9.45. The van der Waals surface area contributed by atoms with Crippen LogP contribution in [0.4, 0.5) is 0 Å². The van der Waals surface area contributed by atoms with Gasteiger partial charge in [0.15, 0.2) is 0 Å². The number of rotatable bonds is 6. The largest absolute Gasteiger partial charge is 0.344 e. The van der Waals surface area contributed by atoms with Crippen LogP contribution in [0.2, 0.25) is 0 Å². The standard InChI is InChI=1S/C15H20N2O2S/c1-12(2)13-5-7-14(8-6-13)20(19)11-15(18)17(3)10-4-9-16/h5-8,12H,4,10-11H2,1-3H3. The van der Waals surface area contributed by atoms with Crippen molar-refractivity contribution in [1.29, 1.82) is 5.26 Å². The van der Waals surface area contributed by atoms with E-state index >= 15 is 0 Å². The molecule has 108 valence electrons. The second-order valence-corrected chi connectivity index (χ2v) is 6.39. The zero-order valence-corrected chi connectivity index (χ0v) is 12.9. The Hall–Kier alpha value is -1.67. The summed E-state index contributed by atoms with van der Waals surface area (Å²) in [5.74, 6) is 0.186. The summed E-state index contributed by atoms with van der Waals surface area (Å²) < 4.78 is 12.1. The highest BCUT2D eigenvalue weighted by Gasteiger charge is 2.14. The molecular formula is C15H20N2O2S. The van der Waals surface area contributed by atoms with E-state index in [0.717, 1.165) is 0 Å². The molecule has 20 heavy (non-hydrogen) atoms. The molecule has 0 aliphatic rings. The Morgan fingerprint density at radius 3 is 2.45 bits per heavy atom. The number of carbonyl (C=O) groups excluding carboxylic acids is 1. The Morgan fingerprint density at radius 2 is 1.95 bits per heavy atom. The van der Waals surface area contributed by atoms with E-state index in [-0.39, 0.29) is 18.1 Å². The quantitative estimate of drug-likeness (QED) is 0.808. The molecule has 1 unspecified atom stereocenters. The molecule has 1 aromatic rings. The van der Waals surface area contributed by atoms with Crippen molar-refractivity contribution in [2.45, 2.75) is 31.1 Å². The van der Waals surface area contributed by atoms with Crippen LogP contribution in [0, 0.1) is 11.3 Å². The second kappa shape index (κ2) is 7.81. The van der Waals surface area contributed by atoms with Gasteiger partial charge in [-0.25, -0.2) is 0 Å². The molecular weight excluding hydrogens is 272 g/mol. The average Bonchev–Trinajstić information content (AvgIpc) is 2.44. The molecule has 1 rings (SSSR count). The van der Waals surface area contributed by atoms with Crippen molar-refractivity contribution in [2.75, 3.05) is 19.3 Å². The molecule has 0 aromatic heterocycles. The molecule has 0 radical (unpaired) electrons. The van der Waals surface area contributed by atoms with Crippen molar-refractivity contribution in [2.24, 2.45) is 0 Å². The summed E-state index contributed by atoms with van der Waals surface area (Å²) in [6, 6.07) is 9.50. The van der Waals surface area contributed by atoms with Crippen molar-refractivity contribution in [3.8, 4) is 6.07 Å². The Bertz CT molecular complexity index is 518. The number of hydrogen-bond acceptors (Lipinski definition) is 3. The molecule has 0 aliphatic heterocycles. The highest BCUT2D eigenvalue weighted by Crippen LogP contribution is 2.16. The van der Waals surface area contributed by atoms with Gasteiger partial charge >= 0.3 is 0 Å². The number of nitrogens with zero attached hydrogens (tertiary/aromatic N) is 2. The van der Waals surface area contributed by atoms with Crippen LogP contribution in [0.3, 0.4) is 0 Å². The van der Waals surface area contributed by atoms with E-state index in [1.165, 1.54) is 10.5 Å². The molecule has 0 fully saturated rings. The molecule has 5 heteroatoms. The topological polar surface area (TPSA) is 61.2 Å². The van der Waals surface area contributed by atoms with Crippen LogP contribution >= 0.6 is 0 Å². The first kappa shape index (κ1) is 16.4. The van der Waals surface area contributed by atoms with Gasteiger partial charge < -0.3 is 4.90 Å². The summed E-state index contributed by atoms with van der Waals surface area (Å²) in [5.41, 5.74) is 1.18. The highest BCUT2D eigenvalue weighted by molar-refractivity contribution is 7.85. The van der Waals surface area contributed by atoms with Gasteiger partial charge in [0, 0.05) is 18.5 Å². The summed E-state index contributed by atoms with van der Waals surface area (Å²) in [6.07, 6.45) is 0.290. The van der Waals surface area contributed by atoms with Crippen LogP contribution in [0.15, 0.2) is 29.2 Å². The minimum absolute atomic E-state index is 0.0387. The first-order valence-corrected chi connectivity index (χ1v) is 7.87. The molecule has 0 saturated heterocycles. The van der Waals surface area contributed by atoms with E-state index < -0.39 is 10.8 Å². The third-order valence-corrected chi connectivity index (χ3v) is 4.36. The minimum Gasteiger partial charge on any atom is -0.344 e. The maximum atomic E-state index is 12.1. The third-order valence-electron chi connectivity index (χ3n) is 3.05. The van der Waals surface area contributed by atoms with Gasteiger partial charge in [-0.05, 0) is 23.6 Å². The van der Waals surface area contributed by atoms with Crippen LogP contribution in [-0.2, 0) is 15.6 Å². The molecule has 0 saturated carbocycles. The predicted molar refractivity (Wildman–Crippen MR) is 79.7 cm³/mol. The van der Waals surface area contributed by atoms with Crippen LogP contribution in [0.1, 0.15) is 31.7 Å². The molecule has 1 aromatic carbocycles. The predicted octanol–water partition coefficient (Wildman–Crippen LogP) is 2.29. The summed E-state index contributed by atoms with van der Waals surface area (Å²) >= 11 is 0. The van der Waals surface area contributed by atoms with Crippen molar-refractivity contribution in [1.82, 2.24) is 4.90 Å². The van der Waals surface area contributed by atoms with Crippen molar-refractivity contribution >= 4 is 16.7 Å². The van der Waals surface area contributed by atoms with Crippen LogP contribution in [0.5, 0.6) is 0 Å². The maximum Gasteiger partial charge on any atom is 0.235 e. The van der Waals surface area contributed by atoms with Crippen LogP contribution < -0.4 is 0 Å². The van der Waals surface area contributed by atoms with Crippen molar-refractivity contribution in [3.05, 3.63) is 29.8 Å². The number of hydrogen-bond donors (Lipinski definition) is 0. The van der Waals surface area contributed by atoms with E-state index in [2.05, 4.69) is 13.8 Å². The monoisotopic (exact) mass is 292 g/mol. The Balaban J connectivity index is 2.62. The fourth-order valence-corrected chi connectivity index (χ4v) is 2.70. The molecule has 1 atom stereocenters. The van der Waals surface area contributed by atoms with E-state index in [1.807, 2.05) is 30.3 Å². The van der Waals surface area contributed by atoms with E-state index in [9.17, 15) is 9.00 Å². The number of nitriles is 1. The lowest BCUT2D eigenvalue weighted by molar-refractivity contribution is -0.127. The van der Waals surface area contributed by atoms with Gasteiger partial charge in [-0.3, -0.25) is 9.00 Å². The number of amides is 1. The molecule has 1 amide bonds. The summed E-state index contributed by atoms with van der Waals surface area (Å²) in [7, 11) is 0.289. The van der Waals surface area contributed by atoms with Crippen molar-refractivity contribution in [3.63, 3.8) is 0 Å². The van der Waals surface area contributed by atoms with E-state index in [1.54, 1.807) is 7.05 Å². The summed E-state index contributed by atoms with van der Waals surface area (Å²) in [6.45, 7) is 4.57. The van der Waals surface area contributed by atoms with E-state index in [4.69, 9.17) is 5.26 Å². The lowest BCUT2D eigenvalue weighted by Crippen LogP contribution is -2.31. The minimum atomic E-state index is -1.34.